The number of fused-ring (bicyclic) bond motifs is 10. The molecule has 408 valence electrons. The largest absolute Gasteiger partial charge is 0.458 e. The summed E-state index contributed by atoms with van der Waals surface area (Å²) in [7, 11) is 0. The van der Waals surface area contributed by atoms with Crippen molar-refractivity contribution >= 4 is 40.2 Å². The zero-order valence-electron chi connectivity index (χ0n) is 49.6. The summed E-state index contributed by atoms with van der Waals surface area (Å²) in [6.07, 6.45) is 0. The van der Waals surface area contributed by atoms with Gasteiger partial charge in [0, 0.05) is 84.3 Å². The van der Waals surface area contributed by atoms with Crippen molar-refractivity contribution in [2.45, 2.75) is 110 Å². The summed E-state index contributed by atoms with van der Waals surface area (Å²) in [5, 5.41) is 0. The van der Waals surface area contributed by atoms with Crippen LogP contribution in [0.25, 0.3) is 33.4 Å². The Morgan fingerprint density at radius 2 is 0.771 bits per heavy atom. The molecule has 6 heteroatoms. The molecule has 83 heavy (non-hydrogen) atoms. The Bertz CT molecular complexity index is 4380. The van der Waals surface area contributed by atoms with Crippen molar-refractivity contribution in [3.05, 3.63) is 239 Å². The number of anilines is 3. The SMILES string of the molecule is CC(C)(C)c1ccc(-c2cc(C(C)(C)C)cc(-c3ccccc3)c2N2c3cc4c(cc3B3c5cc6c(cc5Oc5cc(-c7ccc8c(c7)Oc7ccccc7C8(C)C)cc2c53)Oc2ccccc2C6(C)C)C(C)(C)c2ccccc2O4)cc1. The van der Waals surface area contributed by atoms with Crippen molar-refractivity contribution in [2.75, 3.05) is 4.90 Å². The standard InChI is InChI=1S/C77H68BNO4/c1-73(2,3)49-33-30-46(31-34-49)52-40-50(74(4,5)6)39-51(45-22-14-13-15-23-45)72(52)79-61-43-67-57(76(9,10)54-25-17-20-28-64(54)81-67)41-59(61)78-60-42-58-68(82-65-29-21-18-26-55(65)77(58,11)12)44-69(60)83-70-38-48(36-62(79)71(70)78)47-32-35-56-66(37-47)80-63-27-19-16-24-53(63)75(56,7)8/h13-44H,1-12H3. The highest BCUT2D eigenvalue weighted by atomic mass is 16.5. The van der Waals surface area contributed by atoms with E-state index in [2.05, 4.69) is 282 Å². The van der Waals surface area contributed by atoms with E-state index in [1.807, 2.05) is 0 Å². The molecule has 0 bridgehead atoms. The number of rotatable bonds is 4. The molecule has 0 saturated heterocycles. The Labute approximate surface area is 489 Å². The first kappa shape index (κ1) is 51.2. The van der Waals surface area contributed by atoms with Crippen LogP contribution < -0.4 is 40.2 Å². The van der Waals surface area contributed by atoms with Crippen LogP contribution >= 0.6 is 0 Å². The summed E-state index contributed by atoms with van der Waals surface area (Å²) < 4.78 is 28.5. The predicted molar refractivity (Wildman–Crippen MR) is 342 cm³/mol. The van der Waals surface area contributed by atoms with Crippen molar-refractivity contribution in [1.29, 1.82) is 0 Å². The lowest BCUT2D eigenvalue weighted by atomic mass is 9.33. The van der Waals surface area contributed by atoms with Crippen LogP contribution in [-0.2, 0) is 27.1 Å². The zero-order valence-corrected chi connectivity index (χ0v) is 49.6. The maximum absolute atomic E-state index is 7.58. The molecule has 0 aromatic heterocycles. The number of para-hydroxylation sites is 3. The first-order chi connectivity index (χ1) is 39.6. The highest BCUT2D eigenvalue weighted by Gasteiger charge is 2.48. The lowest BCUT2D eigenvalue weighted by molar-refractivity contribution is 0.412. The number of ether oxygens (including phenoxy) is 4. The topological polar surface area (TPSA) is 40.2 Å². The minimum Gasteiger partial charge on any atom is -0.458 e. The molecular weight excluding hydrogens is 1010 g/mol. The fraction of sp³-hybridized carbons (Fsp3) is 0.221. The van der Waals surface area contributed by atoms with Gasteiger partial charge in [-0.25, -0.2) is 0 Å². The van der Waals surface area contributed by atoms with E-state index in [1.54, 1.807) is 0 Å². The summed E-state index contributed by atoms with van der Waals surface area (Å²) in [4.78, 5) is 2.58. The van der Waals surface area contributed by atoms with Crippen molar-refractivity contribution in [2.24, 2.45) is 0 Å². The molecule has 0 fully saturated rings. The molecule has 0 aliphatic carbocycles. The van der Waals surface area contributed by atoms with Crippen LogP contribution in [0.1, 0.15) is 128 Å². The molecule has 0 spiro atoms. The van der Waals surface area contributed by atoms with Crippen LogP contribution in [0, 0.1) is 0 Å². The van der Waals surface area contributed by atoms with Crippen LogP contribution in [0.5, 0.6) is 46.0 Å². The quantitative estimate of drug-likeness (QED) is 0.164. The Morgan fingerprint density at radius 3 is 1.34 bits per heavy atom. The van der Waals surface area contributed by atoms with Gasteiger partial charge in [-0.2, -0.15) is 0 Å². The molecule has 5 nitrogen and oxygen atoms in total. The summed E-state index contributed by atoms with van der Waals surface area (Å²) >= 11 is 0. The van der Waals surface area contributed by atoms with Gasteiger partial charge in [0.1, 0.15) is 46.0 Å². The van der Waals surface area contributed by atoms with Crippen molar-refractivity contribution in [3.8, 4) is 79.4 Å². The van der Waals surface area contributed by atoms with E-state index in [1.165, 1.54) is 22.2 Å². The molecule has 10 aromatic rings. The maximum Gasteiger partial charge on any atom is 0.256 e. The zero-order chi connectivity index (χ0) is 57.3. The third kappa shape index (κ3) is 7.74. The average Bonchev–Trinajstić information content (AvgIpc) is 1.61. The number of benzene rings is 10. The van der Waals surface area contributed by atoms with E-state index in [4.69, 9.17) is 18.9 Å². The Hall–Kier alpha value is -8.74. The van der Waals surface area contributed by atoms with Crippen LogP contribution in [0.3, 0.4) is 0 Å². The van der Waals surface area contributed by atoms with Crippen LogP contribution in [0.15, 0.2) is 194 Å². The van der Waals surface area contributed by atoms with Crippen LogP contribution in [-0.4, -0.2) is 6.71 Å². The predicted octanol–water partition coefficient (Wildman–Crippen LogP) is 19.0. The molecular formula is C77H68BNO4. The van der Waals surface area contributed by atoms with E-state index >= 15 is 0 Å². The third-order valence-electron chi connectivity index (χ3n) is 19.0. The third-order valence-corrected chi connectivity index (χ3v) is 19.0. The van der Waals surface area contributed by atoms with Gasteiger partial charge in [-0.15, -0.1) is 0 Å². The fourth-order valence-corrected chi connectivity index (χ4v) is 14.2. The number of hydrogen-bond acceptors (Lipinski definition) is 5. The van der Waals surface area contributed by atoms with Gasteiger partial charge in [0.2, 0.25) is 0 Å². The maximum atomic E-state index is 7.58. The highest BCUT2D eigenvalue weighted by molar-refractivity contribution is 6.99. The molecule has 0 saturated carbocycles. The number of nitrogens with zero attached hydrogens (tertiary/aromatic N) is 1. The Morgan fingerprint density at radius 1 is 0.325 bits per heavy atom. The molecule has 0 atom stereocenters. The second kappa shape index (κ2) is 17.6. The van der Waals surface area contributed by atoms with E-state index in [9.17, 15) is 0 Å². The summed E-state index contributed by atoms with van der Waals surface area (Å²) in [6.45, 7) is 27.5. The molecule has 0 radical (unpaired) electrons. The lowest BCUT2D eigenvalue weighted by Crippen LogP contribution is -2.60. The second-order valence-electron chi connectivity index (χ2n) is 27.3. The highest BCUT2D eigenvalue weighted by Crippen LogP contribution is 2.57. The lowest BCUT2D eigenvalue weighted by Gasteiger charge is -2.44. The first-order valence-corrected chi connectivity index (χ1v) is 29.5. The van der Waals surface area contributed by atoms with Crippen LogP contribution in [0.4, 0.5) is 17.1 Å². The van der Waals surface area contributed by atoms with Gasteiger partial charge < -0.3 is 23.8 Å². The van der Waals surface area contributed by atoms with E-state index in [0.29, 0.717) is 0 Å². The number of hydrogen-bond donors (Lipinski definition) is 0. The normalized spacial score (nSPS) is 15.9. The molecule has 5 aliphatic heterocycles. The Balaban J connectivity index is 1.07. The van der Waals surface area contributed by atoms with Gasteiger partial charge >= 0.3 is 0 Å². The smallest absolute Gasteiger partial charge is 0.256 e. The van der Waals surface area contributed by atoms with Gasteiger partial charge in [-0.1, -0.05) is 217 Å². The van der Waals surface area contributed by atoms with E-state index < -0.39 is 5.41 Å². The van der Waals surface area contributed by atoms with E-state index in [-0.39, 0.29) is 28.4 Å². The van der Waals surface area contributed by atoms with Gasteiger partial charge in [0.15, 0.2) is 0 Å². The molecule has 5 aliphatic rings. The van der Waals surface area contributed by atoms with Crippen molar-refractivity contribution < 1.29 is 18.9 Å². The van der Waals surface area contributed by atoms with Gasteiger partial charge in [0.05, 0.1) is 5.69 Å². The molecule has 0 unspecified atom stereocenters. The average molecular weight is 1080 g/mol. The molecule has 5 heterocycles. The summed E-state index contributed by atoms with van der Waals surface area (Å²) in [5.41, 5.74) is 21.3. The first-order valence-electron chi connectivity index (χ1n) is 29.5. The second-order valence-corrected chi connectivity index (χ2v) is 27.3. The molecule has 15 rings (SSSR count). The molecule has 10 aromatic carbocycles. The van der Waals surface area contributed by atoms with Gasteiger partial charge in [0.25, 0.3) is 6.71 Å². The van der Waals surface area contributed by atoms with Crippen molar-refractivity contribution in [3.63, 3.8) is 0 Å². The molecule has 0 N–H and O–H groups in total. The summed E-state index contributed by atoms with van der Waals surface area (Å²) in [5.74, 6) is 6.72. The molecule has 0 amide bonds. The van der Waals surface area contributed by atoms with Crippen molar-refractivity contribution in [1.82, 2.24) is 0 Å². The summed E-state index contributed by atoms with van der Waals surface area (Å²) in [6, 6.07) is 71.6. The van der Waals surface area contributed by atoms with Gasteiger partial charge in [-0.3, -0.25) is 0 Å². The minimum absolute atomic E-state index is 0.0310. The monoisotopic (exact) mass is 1080 g/mol. The van der Waals surface area contributed by atoms with Gasteiger partial charge in [-0.05, 0) is 109 Å². The van der Waals surface area contributed by atoms with Crippen LogP contribution in [0.2, 0.25) is 0 Å². The Kier molecular flexibility index (Phi) is 10.9. The minimum atomic E-state index is -0.395. The van der Waals surface area contributed by atoms with E-state index in [0.717, 1.165) is 135 Å². The fourth-order valence-electron chi connectivity index (χ4n) is 14.2.